The number of benzene rings is 2. The van der Waals surface area contributed by atoms with E-state index in [9.17, 15) is 29.4 Å². The zero-order valence-corrected chi connectivity index (χ0v) is 33.9. The van der Waals surface area contributed by atoms with Gasteiger partial charge >= 0.3 is 12.1 Å². The molecular formula is C44H56N8O6. The van der Waals surface area contributed by atoms with E-state index in [0.717, 1.165) is 27.9 Å². The van der Waals surface area contributed by atoms with Gasteiger partial charge in [-0.2, -0.15) is 0 Å². The fourth-order valence-electron chi connectivity index (χ4n) is 7.12. The summed E-state index contributed by atoms with van der Waals surface area (Å²) in [5, 5.41) is 28.7. The lowest BCUT2D eigenvalue weighted by Crippen LogP contribution is -2.60. The summed E-state index contributed by atoms with van der Waals surface area (Å²) in [4.78, 5) is 65.8. The van der Waals surface area contributed by atoms with E-state index in [2.05, 4.69) is 26.0 Å². The molecule has 5 rings (SSSR count). The standard InChI is InChI=1S/C44H56N8O6/c1-6-30(2)38(52-24-23-50(43(52)58)27-33-15-12-21-45-26-33)40(54)47-36(25-31-13-8-7-9-14-31)37(53)29-51(49-41(55)39(44(3,4)5)48-42(56)57)28-32-17-19-34(20-18-32)35-16-10-11-22-46-35/h7-22,26,30,36-39,48,53H,6,23-25,27-29H2,1-5H3,(H,47,54)(H,49,55)(H,56,57)/t30-,36-,37-,38-,39+/m0/s1. The average molecular weight is 793 g/mol. The number of carbonyl (C=O) groups is 4. The van der Waals surface area contributed by atoms with Crippen LogP contribution < -0.4 is 16.1 Å². The van der Waals surface area contributed by atoms with Crippen LogP contribution in [0.4, 0.5) is 9.59 Å². The highest BCUT2D eigenvalue weighted by atomic mass is 16.4. The third-order valence-corrected chi connectivity index (χ3v) is 10.5. The highest BCUT2D eigenvalue weighted by Gasteiger charge is 2.41. The minimum Gasteiger partial charge on any atom is -0.465 e. The molecule has 58 heavy (non-hydrogen) atoms. The number of carboxylic acid groups (broad SMARTS) is 1. The lowest BCUT2D eigenvalue weighted by atomic mass is 9.86. The second-order valence-electron chi connectivity index (χ2n) is 16.0. The smallest absolute Gasteiger partial charge is 0.405 e. The number of pyridine rings is 2. The van der Waals surface area contributed by atoms with Gasteiger partial charge in [0, 0.05) is 56.9 Å². The molecule has 4 aromatic rings. The van der Waals surface area contributed by atoms with Crippen molar-refractivity contribution in [2.24, 2.45) is 11.3 Å². The van der Waals surface area contributed by atoms with Crippen LogP contribution in [0.25, 0.3) is 11.3 Å². The van der Waals surface area contributed by atoms with Gasteiger partial charge in [0.05, 0.1) is 17.8 Å². The molecule has 2 aromatic heterocycles. The maximum Gasteiger partial charge on any atom is 0.405 e. The molecule has 1 aliphatic rings. The number of aliphatic hydroxyl groups excluding tert-OH is 1. The highest BCUT2D eigenvalue weighted by Crippen LogP contribution is 2.24. The minimum absolute atomic E-state index is 0.134. The van der Waals surface area contributed by atoms with E-state index < -0.39 is 41.6 Å². The minimum atomic E-state index is -1.34. The normalized spacial score (nSPS) is 15.7. The monoisotopic (exact) mass is 792 g/mol. The Morgan fingerprint density at radius 1 is 0.862 bits per heavy atom. The average Bonchev–Trinajstić information content (AvgIpc) is 3.55. The second kappa shape index (κ2) is 20.0. The van der Waals surface area contributed by atoms with Crippen LogP contribution in [0.15, 0.2) is 104 Å². The van der Waals surface area contributed by atoms with Crippen molar-refractivity contribution in [3.05, 3.63) is 120 Å². The molecule has 0 unspecified atom stereocenters. The number of aliphatic hydroxyl groups is 1. The molecule has 0 spiro atoms. The summed E-state index contributed by atoms with van der Waals surface area (Å²) in [5.74, 6) is -1.18. The number of hydrogen-bond donors (Lipinski definition) is 5. The molecule has 308 valence electrons. The zero-order valence-electron chi connectivity index (χ0n) is 33.9. The van der Waals surface area contributed by atoms with Crippen LogP contribution in [0.3, 0.4) is 0 Å². The summed E-state index contributed by atoms with van der Waals surface area (Å²) in [5.41, 5.74) is 6.35. The number of rotatable bonds is 18. The van der Waals surface area contributed by atoms with E-state index in [1.807, 2.05) is 98.8 Å². The van der Waals surface area contributed by atoms with E-state index in [1.165, 1.54) is 0 Å². The number of nitrogens with one attached hydrogen (secondary N) is 3. The van der Waals surface area contributed by atoms with Crippen LogP contribution in [0.2, 0.25) is 0 Å². The number of urea groups is 1. The predicted molar refractivity (Wildman–Crippen MR) is 221 cm³/mol. The molecule has 1 fully saturated rings. The first-order valence-corrected chi connectivity index (χ1v) is 19.8. The Kier molecular flexibility index (Phi) is 14.9. The summed E-state index contributed by atoms with van der Waals surface area (Å²) < 4.78 is 0. The maximum absolute atomic E-state index is 14.5. The van der Waals surface area contributed by atoms with Crippen LogP contribution in [0.5, 0.6) is 0 Å². The van der Waals surface area contributed by atoms with Crippen molar-refractivity contribution in [3.63, 3.8) is 0 Å². The van der Waals surface area contributed by atoms with Gasteiger partial charge in [-0.1, -0.05) is 108 Å². The fraction of sp³-hybridized carbons (Fsp3) is 0.409. The van der Waals surface area contributed by atoms with Gasteiger partial charge in [-0.3, -0.25) is 25.0 Å². The van der Waals surface area contributed by atoms with E-state index >= 15 is 0 Å². The molecule has 5 N–H and O–H groups in total. The van der Waals surface area contributed by atoms with Gasteiger partial charge in [0.1, 0.15) is 12.1 Å². The summed E-state index contributed by atoms with van der Waals surface area (Å²) in [6, 6.07) is 23.5. The summed E-state index contributed by atoms with van der Waals surface area (Å²) in [7, 11) is 0. The molecule has 1 aliphatic heterocycles. The predicted octanol–water partition coefficient (Wildman–Crippen LogP) is 5.10. The van der Waals surface area contributed by atoms with Crippen LogP contribution in [0.1, 0.15) is 57.7 Å². The van der Waals surface area contributed by atoms with E-state index in [1.54, 1.807) is 54.2 Å². The topological polar surface area (TPSA) is 180 Å². The van der Waals surface area contributed by atoms with Crippen LogP contribution in [0, 0.1) is 11.3 Å². The summed E-state index contributed by atoms with van der Waals surface area (Å²) >= 11 is 0. The van der Waals surface area contributed by atoms with Gasteiger partial charge < -0.3 is 30.6 Å². The molecule has 3 heterocycles. The maximum atomic E-state index is 14.5. The van der Waals surface area contributed by atoms with Crippen molar-refractivity contribution < 1.29 is 29.4 Å². The van der Waals surface area contributed by atoms with Crippen molar-refractivity contribution in [2.45, 2.75) is 84.8 Å². The largest absolute Gasteiger partial charge is 0.465 e. The Labute approximate surface area is 340 Å². The van der Waals surface area contributed by atoms with E-state index in [4.69, 9.17) is 0 Å². The van der Waals surface area contributed by atoms with Gasteiger partial charge in [0.25, 0.3) is 5.91 Å². The Balaban J connectivity index is 1.41. The molecule has 14 nitrogen and oxygen atoms in total. The van der Waals surface area contributed by atoms with Crippen molar-refractivity contribution in [2.75, 3.05) is 19.6 Å². The van der Waals surface area contributed by atoms with Gasteiger partial charge in [-0.05, 0) is 52.6 Å². The molecular weight excluding hydrogens is 737 g/mol. The third kappa shape index (κ3) is 11.8. The van der Waals surface area contributed by atoms with E-state index in [0.29, 0.717) is 26.1 Å². The SMILES string of the molecule is CC[C@H](C)[C@@H](C(=O)N[C@@H](Cc1ccccc1)[C@@H](O)CN(Cc1ccc(-c2ccccn2)cc1)NC(=O)[C@@H](NC(=O)O)C(C)(C)C)N1CCN(Cc2cccnc2)C1=O. The number of hydrogen-bond acceptors (Lipinski definition) is 8. The van der Waals surface area contributed by atoms with Gasteiger partial charge in [0.2, 0.25) is 5.91 Å². The number of hydrazine groups is 1. The molecule has 1 saturated heterocycles. The Morgan fingerprint density at radius 3 is 2.19 bits per heavy atom. The zero-order chi connectivity index (χ0) is 41.8. The summed E-state index contributed by atoms with van der Waals surface area (Å²) in [6.45, 7) is 10.4. The van der Waals surface area contributed by atoms with Crippen LogP contribution in [-0.2, 0) is 29.1 Å². The third-order valence-electron chi connectivity index (χ3n) is 10.5. The molecule has 5 atom stereocenters. The number of nitrogens with zero attached hydrogens (tertiary/aromatic N) is 5. The molecule has 0 bridgehead atoms. The Morgan fingerprint density at radius 2 is 1.57 bits per heavy atom. The van der Waals surface area contributed by atoms with Crippen LogP contribution >= 0.6 is 0 Å². The molecule has 5 amide bonds. The lowest BCUT2D eigenvalue weighted by Gasteiger charge is -2.36. The first-order chi connectivity index (χ1) is 27.7. The van der Waals surface area contributed by atoms with Gasteiger partial charge in [0.15, 0.2) is 0 Å². The quantitative estimate of drug-likeness (QED) is 0.0858. The van der Waals surface area contributed by atoms with E-state index in [-0.39, 0.29) is 37.4 Å². The molecule has 0 saturated carbocycles. The first-order valence-electron chi connectivity index (χ1n) is 19.8. The van der Waals surface area contributed by atoms with Crippen molar-refractivity contribution >= 4 is 23.9 Å². The van der Waals surface area contributed by atoms with Gasteiger partial charge in [-0.25, -0.2) is 14.6 Å². The highest BCUT2D eigenvalue weighted by molar-refractivity contribution is 5.88. The second-order valence-corrected chi connectivity index (χ2v) is 16.0. The molecule has 14 heteroatoms. The summed E-state index contributed by atoms with van der Waals surface area (Å²) in [6.07, 6.45) is 3.44. The van der Waals surface area contributed by atoms with Crippen molar-refractivity contribution in [1.29, 1.82) is 0 Å². The Hall–Kier alpha value is -5.86. The Bertz CT molecular complexity index is 1950. The number of carbonyl (C=O) groups excluding carboxylic acids is 3. The molecule has 2 aromatic carbocycles. The van der Waals surface area contributed by atoms with Crippen molar-refractivity contribution in [3.8, 4) is 11.3 Å². The molecule has 0 aliphatic carbocycles. The number of amides is 5. The van der Waals surface area contributed by atoms with Gasteiger partial charge in [-0.15, -0.1) is 0 Å². The fourth-order valence-corrected chi connectivity index (χ4v) is 7.12. The number of aromatic nitrogens is 2. The van der Waals surface area contributed by atoms with Crippen molar-refractivity contribution in [1.82, 2.24) is 40.8 Å². The molecule has 0 radical (unpaired) electrons. The lowest BCUT2D eigenvalue weighted by molar-refractivity contribution is -0.132. The first kappa shape index (κ1) is 43.3. The van der Waals surface area contributed by atoms with Crippen LogP contribution in [-0.4, -0.2) is 103 Å².